The molecule has 0 radical (unpaired) electrons. The van der Waals surface area contributed by atoms with Gasteiger partial charge in [-0.15, -0.1) is 12.6 Å². The summed E-state index contributed by atoms with van der Waals surface area (Å²) in [7, 11) is 0. The lowest BCUT2D eigenvalue weighted by molar-refractivity contribution is -0.111. The van der Waals surface area contributed by atoms with Crippen LogP contribution < -0.4 is 0 Å². The van der Waals surface area contributed by atoms with E-state index in [1.54, 1.807) is 0 Å². The summed E-state index contributed by atoms with van der Waals surface area (Å²) in [5, 5.41) is -0.0626. The molecule has 0 fully saturated rings. The quantitative estimate of drug-likeness (QED) is 0.491. The highest BCUT2D eigenvalue weighted by molar-refractivity contribution is 7.96. The van der Waals surface area contributed by atoms with Crippen molar-refractivity contribution in [2.24, 2.45) is 0 Å². The van der Waals surface area contributed by atoms with Gasteiger partial charge in [0.2, 0.25) is 0 Å². The van der Waals surface area contributed by atoms with E-state index < -0.39 is 0 Å². The molecule has 0 unspecified atom stereocenters. The minimum atomic E-state index is -0.0626. The van der Waals surface area contributed by atoms with Crippen molar-refractivity contribution in [2.75, 3.05) is 6.61 Å². The van der Waals surface area contributed by atoms with E-state index in [0.29, 0.717) is 13.0 Å². The van der Waals surface area contributed by atoms with Gasteiger partial charge in [0.1, 0.15) is 0 Å². The Labute approximate surface area is 67.4 Å². The van der Waals surface area contributed by atoms with Gasteiger partial charge in [-0.05, 0) is 20.3 Å². The number of carbonyl (C=O) groups is 1. The molecule has 3 heteroatoms. The van der Waals surface area contributed by atoms with Crippen LogP contribution in [0.5, 0.6) is 0 Å². The Morgan fingerprint density at radius 2 is 2.20 bits per heavy atom. The largest absolute Gasteiger partial charge is 0.379 e. The van der Waals surface area contributed by atoms with Crippen LogP contribution in [0.1, 0.15) is 26.7 Å². The van der Waals surface area contributed by atoms with Gasteiger partial charge in [-0.2, -0.15) is 0 Å². The van der Waals surface area contributed by atoms with Crippen LogP contribution >= 0.6 is 12.6 Å². The normalized spacial score (nSPS) is 10.4. The first-order valence-corrected chi connectivity index (χ1v) is 3.91. The Kier molecular flexibility index (Phi) is 5.73. The number of thiol groups is 1. The molecule has 10 heavy (non-hydrogen) atoms. The number of rotatable bonds is 5. The first-order valence-electron chi connectivity index (χ1n) is 3.46. The molecule has 2 nitrogen and oxygen atoms in total. The summed E-state index contributed by atoms with van der Waals surface area (Å²) < 4.78 is 5.21. The molecule has 0 aliphatic rings. The summed E-state index contributed by atoms with van der Waals surface area (Å²) in [6, 6.07) is 0. The molecule has 0 heterocycles. The summed E-state index contributed by atoms with van der Waals surface area (Å²) >= 11 is 3.63. The van der Waals surface area contributed by atoms with Gasteiger partial charge in [0.15, 0.2) is 5.12 Å². The second kappa shape index (κ2) is 5.74. The maximum atomic E-state index is 10.3. The Hall–Kier alpha value is -0.0200. The van der Waals surface area contributed by atoms with Crippen LogP contribution in [-0.4, -0.2) is 17.8 Å². The SMILES string of the molecule is CC(C)OCCCC(=O)S. The molecular weight excluding hydrogens is 148 g/mol. The van der Waals surface area contributed by atoms with Gasteiger partial charge in [0.05, 0.1) is 6.10 Å². The van der Waals surface area contributed by atoms with Crippen LogP contribution in [0.15, 0.2) is 0 Å². The van der Waals surface area contributed by atoms with E-state index in [1.807, 2.05) is 13.8 Å². The van der Waals surface area contributed by atoms with Crippen molar-refractivity contribution in [1.29, 1.82) is 0 Å². The van der Waals surface area contributed by atoms with Crippen molar-refractivity contribution in [3.8, 4) is 0 Å². The molecule has 0 saturated heterocycles. The fourth-order valence-corrected chi connectivity index (χ4v) is 0.701. The van der Waals surface area contributed by atoms with Crippen molar-refractivity contribution < 1.29 is 9.53 Å². The fourth-order valence-electron chi connectivity index (χ4n) is 0.542. The van der Waals surface area contributed by atoms with Gasteiger partial charge in [-0.25, -0.2) is 0 Å². The van der Waals surface area contributed by atoms with Crippen molar-refractivity contribution in [1.82, 2.24) is 0 Å². The topological polar surface area (TPSA) is 26.3 Å². The first-order chi connectivity index (χ1) is 4.63. The molecule has 0 aliphatic carbocycles. The summed E-state index contributed by atoms with van der Waals surface area (Å²) in [4.78, 5) is 10.3. The monoisotopic (exact) mass is 162 g/mol. The first kappa shape index (κ1) is 9.98. The van der Waals surface area contributed by atoms with Gasteiger partial charge >= 0.3 is 0 Å². The van der Waals surface area contributed by atoms with E-state index in [9.17, 15) is 4.79 Å². The maximum absolute atomic E-state index is 10.3. The Morgan fingerprint density at radius 3 is 2.60 bits per heavy atom. The molecule has 0 aromatic carbocycles. The maximum Gasteiger partial charge on any atom is 0.186 e. The van der Waals surface area contributed by atoms with E-state index in [1.165, 1.54) is 0 Å². The van der Waals surface area contributed by atoms with E-state index in [2.05, 4.69) is 12.6 Å². The lowest BCUT2D eigenvalue weighted by Crippen LogP contribution is -2.04. The molecule has 0 aromatic rings. The zero-order valence-electron chi connectivity index (χ0n) is 6.46. The minimum absolute atomic E-state index is 0.0626. The molecule has 0 N–H and O–H groups in total. The Balaban J connectivity index is 2.98. The van der Waals surface area contributed by atoms with E-state index in [-0.39, 0.29) is 11.2 Å². The van der Waals surface area contributed by atoms with Crippen LogP contribution in [0.3, 0.4) is 0 Å². The standard InChI is InChI=1S/C7H14O2S/c1-6(2)9-5-3-4-7(8)10/h6H,3-5H2,1-2H3,(H,8,10). The van der Waals surface area contributed by atoms with Gasteiger partial charge in [-0.1, -0.05) is 0 Å². The summed E-state index contributed by atoms with van der Waals surface area (Å²) in [5.74, 6) is 0. The van der Waals surface area contributed by atoms with Crippen molar-refractivity contribution >= 4 is 17.7 Å². The molecule has 0 aliphatic heterocycles. The highest BCUT2D eigenvalue weighted by atomic mass is 32.1. The van der Waals surface area contributed by atoms with Gasteiger partial charge in [0.25, 0.3) is 0 Å². The third kappa shape index (κ3) is 7.98. The van der Waals surface area contributed by atoms with Crippen molar-refractivity contribution in [3.05, 3.63) is 0 Å². The molecule has 0 amide bonds. The lowest BCUT2D eigenvalue weighted by Gasteiger charge is -2.04. The minimum Gasteiger partial charge on any atom is -0.379 e. The highest BCUT2D eigenvalue weighted by Crippen LogP contribution is 1.96. The second-order valence-corrected chi connectivity index (χ2v) is 2.92. The highest BCUT2D eigenvalue weighted by Gasteiger charge is 1.95. The van der Waals surface area contributed by atoms with Crippen LogP contribution in [0.2, 0.25) is 0 Å². The van der Waals surface area contributed by atoms with Gasteiger partial charge in [0, 0.05) is 13.0 Å². The van der Waals surface area contributed by atoms with Gasteiger partial charge in [-0.3, -0.25) is 4.79 Å². The number of carbonyl (C=O) groups excluding carboxylic acids is 1. The van der Waals surface area contributed by atoms with Crippen LogP contribution in [0, 0.1) is 0 Å². The fraction of sp³-hybridized carbons (Fsp3) is 0.857. The number of hydrogen-bond donors (Lipinski definition) is 1. The number of ether oxygens (including phenoxy) is 1. The predicted octanol–water partition coefficient (Wildman–Crippen LogP) is 1.65. The van der Waals surface area contributed by atoms with Gasteiger partial charge < -0.3 is 4.74 Å². The smallest absolute Gasteiger partial charge is 0.186 e. The molecule has 60 valence electrons. The molecule has 0 spiro atoms. The second-order valence-electron chi connectivity index (χ2n) is 2.42. The Bertz CT molecular complexity index is 102. The summed E-state index contributed by atoms with van der Waals surface area (Å²) in [5.41, 5.74) is 0. The number of hydrogen-bond acceptors (Lipinski definition) is 2. The van der Waals surface area contributed by atoms with Crippen LogP contribution in [0.4, 0.5) is 0 Å². The van der Waals surface area contributed by atoms with E-state index >= 15 is 0 Å². The Morgan fingerprint density at radius 1 is 1.60 bits per heavy atom. The molecular formula is C7H14O2S. The molecule has 0 bridgehead atoms. The zero-order chi connectivity index (χ0) is 7.98. The third-order valence-electron chi connectivity index (χ3n) is 0.986. The lowest BCUT2D eigenvalue weighted by atomic mass is 10.3. The van der Waals surface area contributed by atoms with E-state index in [4.69, 9.17) is 4.74 Å². The van der Waals surface area contributed by atoms with Crippen molar-refractivity contribution in [2.45, 2.75) is 32.8 Å². The van der Waals surface area contributed by atoms with Crippen molar-refractivity contribution in [3.63, 3.8) is 0 Å². The van der Waals surface area contributed by atoms with Crippen LogP contribution in [-0.2, 0) is 9.53 Å². The summed E-state index contributed by atoms with van der Waals surface area (Å²) in [6.45, 7) is 4.61. The van der Waals surface area contributed by atoms with E-state index in [0.717, 1.165) is 6.42 Å². The third-order valence-corrected chi connectivity index (χ3v) is 1.21. The summed E-state index contributed by atoms with van der Waals surface area (Å²) in [6.07, 6.45) is 1.55. The zero-order valence-corrected chi connectivity index (χ0v) is 7.36. The molecule has 0 atom stereocenters. The molecule has 0 saturated carbocycles. The molecule has 0 aromatic heterocycles. The average Bonchev–Trinajstić information content (AvgIpc) is 1.79. The van der Waals surface area contributed by atoms with Crippen LogP contribution in [0.25, 0.3) is 0 Å². The average molecular weight is 162 g/mol. The molecule has 0 rings (SSSR count). The predicted molar refractivity (Wildman–Crippen MR) is 44.3 cm³/mol.